The molecule has 0 aliphatic carbocycles. The van der Waals surface area contributed by atoms with E-state index in [1.165, 1.54) is 12.8 Å². The van der Waals surface area contributed by atoms with E-state index < -0.39 is 0 Å². The molecule has 2 bridgehead atoms. The number of methoxy groups -OCH3 is 1. The average molecular weight is 234 g/mol. The molecule has 1 aromatic rings. The zero-order valence-corrected chi connectivity index (χ0v) is 10.0. The Morgan fingerprint density at radius 2 is 2.00 bits per heavy atom. The molecule has 2 N–H and O–H groups in total. The van der Waals surface area contributed by atoms with Crippen molar-refractivity contribution in [3.63, 3.8) is 0 Å². The van der Waals surface area contributed by atoms with Gasteiger partial charge in [-0.1, -0.05) is 0 Å². The molecule has 17 heavy (non-hydrogen) atoms. The maximum atomic E-state index is 6.07. The molecule has 0 aromatic carbocycles. The van der Waals surface area contributed by atoms with Crippen LogP contribution in [0.2, 0.25) is 0 Å². The Bertz CT molecular complexity index is 397. The van der Waals surface area contributed by atoms with Crippen molar-refractivity contribution in [1.29, 1.82) is 0 Å². The minimum absolute atomic E-state index is 0.354. The van der Waals surface area contributed by atoms with E-state index in [1.807, 2.05) is 6.07 Å². The Kier molecular flexibility index (Phi) is 2.63. The monoisotopic (exact) mass is 234 g/mol. The van der Waals surface area contributed by atoms with E-state index in [2.05, 4.69) is 14.9 Å². The van der Waals surface area contributed by atoms with Gasteiger partial charge in [0.15, 0.2) is 0 Å². The van der Waals surface area contributed by atoms with Gasteiger partial charge in [-0.2, -0.15) is 0 Å². The van der Waals surface area contributed by atoms with E-state index >= 15 is 0 Å². The molecule has 3 heterocycles. The Labute approximate surface area is 101 Å². The summed E-state index contributed by atoms with van der Waals surface area (Å²) in [5.41, 5.74) is 6.07. The van der Waals surface area contributed by atoms with Crippen molar-refractivity contribution in [2.24, 2.45) is 5.73 Å². The first-order chi connectivity index (χ1) is 8.28. The number of rotatable bonds is 2. The summed E-state index contributed by atoms with van der Waals surface area (Å²) in [7, 11) is 1.63. The standard InChI is InChI=1S/C12H18N4O/c1-17-12-6-11(14-7-15-12)16-9-2-3-10(16)5-8(13)4-9/h6-10H,2-5,13H2,1H3. The fourth-order valence-electron chi connectivity index (χ4n) is 3.18. The molecule has 2 fully saturated rings. The van der Waals surface area contributed by atoms with Crippen LogP contribution in [-0.4, -0.2) is 35.2 Å². The lowest BCUT2D eigenvalue weighted by Gasteiger charge is -2.38. The molecule has 5 heteroatoms. The largest absolute Gasteiger partial charge is 0.481 e. The van der Waals surface area contributed by atoms with E-state index in [4.69, 9.17) is 10.5 Å². The topological polar surface area (TPSA) is 64.3 Å². The van der Waals surface area contributed by atoms with Gasteiger partial charge in [0.2, 0.25) is 5.88 Å². The number of ether oxygens (including phenoxy) is 1. The van der Waals surface area contributed by atoms with Gasteiger partial charge in [-0.05, 0) is 25.7 Å². The lowest BCUT2D eigenvalue weighted by atomic mass is 9.98. The molecule has 92 valence electrons. The van der Waals surface area contributed by atoms with Crippen LogP contribution in [0.5, 0.6) is 5.88 Å². The van der Waals surface area contributed by atoms with Crippen molar-refractivity contribution >= 4 is 5.82 Å². The lowest BCUT2D eigenvalue weighted by molar-refractivity contribution is 0.392. The van der Waals surface area contributed by atoms with Crippen LogP contribution in [0.15, 0.2) is 12.4 Å². The number of hydrogen-bond acceptors (Lipinski definition) is 5. The minimum atomic E-state index is 0.354. The third-order valence-electron chi connectivity index (χ3n) is 3.87. The van der Waals surface area contributed by atoms with E-state index in [9.17, 15) is 0 Å². The molecule has 2 saturated heterocycles. The molecule has 2 unspecified atom stereocenters. The second-order valence-electron chi connectivity index (χ2n) is 4.94. The Hall–Kier alpha value is -1.36. The average Bonchev–Trinajstić information content (AvgIpc) is 2.62. The summed E-state index contributed by atoms with van der Waals surface area (Å²) >= 11 is 0. The first-order valence-corrected chi connectivity index (χ1v) is 6.18. The van der Waals surface area contributed by atoms with Crippen molar-refractivity contribution in [3.05, 3.63) is 12.4 Å². The van der Waals surface area contributed by atoms with Crippen LogP contribution in [0.25, 0.3) is 0 Å². The number of nitrogens with zero attached hydrogens (tertiary/aromatic N) is 3. The second kappa shape index (κ2) is 4.14. The molecular weight excluding hydrogens is 216 g/mol. The number of piperidine rings is 1. The molecule has 0 spiro atoms. The number of aromatic nitrogens is 2. The van der Waals surface area contributed by atoms with Gasteiger partial charge in [-0.25, -0.2) is 9.97 Å². The summed E-state index contributed by atoms with van der Waals surface area (Å²) in [6, 6.07) is 3.36. The molecule has 0 saturated carbocycles. The van der Waals surface area contributed by atoms with Gasteiger partial charge in [-0.15, -0.1) is 0 Å². The molecule has 0 radical (unpaired) electrons. The summed E-state index contributed by atoms with van der Waals surface area (Å²) in [4.78, 5) is 10.8. The Balaban J connectivity index is 1.89. The summed E-state index contributed by atoms with van der Waals surface area (Å²) in [5, 5.41) is 0. The molecule has 0 amide bonds. The molecule has 2 atom stereocenters. The van der Waals surface area contributed by atoms with Crippen LogP contribution >= 0.6 is 0 Å². The van der Waals surface area contributed by atoms with E-state index in [1.54, 1.807) is 13.4 Å². The molecular formula is C12H18N4O. The number of fused-ring (bicyclic) bond motifs is 2. The third kappa shape index (κ3) is 1.84. The van der Waals surface area contributed by atoms with Crippen molar-refractivity contribution in [1.82, 2.24) is 9.97 Å². The van der Waals surface area contributed by atoms with Crippen LogP contribution in [-0.2, 0) is 0 Å². The van der Waals surface area contributed by atoms with E-state index in [0.717, 1.165) is 18.7 Å². The highest BCUT2D eigenvalue weighted by molar-refractivity contribution is 5.45. The fourth-order valence-corrected chi connectivity index (χ4v) is 3.18. The Morgan fingerprint density at radius 3 is 2.65 bits per heavy atom. The highest BCUT2D eigenvalue weighted by Gasteiger charge is 2.40. The maximum absolute atomic E-state index is 6.07. The molecule has 3 rings (SSSR count). The SMILES string of the molecule is COc1cc(N2C3CCC2CC(N)C3)ncn1. The minimum Gasteiger partial charge on any atom is -0.481 e. The van der Waals surface area contributed by atoms with Gasteiger partial charge in [0, 0.05) is 24.2 Å². The van der Waals surface area contributed by atoms with Crippen LogP contribution in [0.3, 0.4) is 0 Å². The van der Waals surface area contributed by atoms with Crippen LogP contribution in [0.1, 0.15) is 25.7 Å². The van der Waals surface area contributed by atoms with Gasteiger partial charge in [0.1, 0.15) is 12.1 Å². The van der Waals surface area contributed by atoms with Gasteiger partial charge >= 0.3 is 0 Å². The van der Waals surface area contributed by atoms with Crippen molar-refractivity contribution in [2.75, 3.05) is 12.0 Å². The van der Waals surface area contributed by atoms with Crippen LogP contribution in [0, 0.1) is 0 Å². The molecule has 1 aromatic heterocycles. The predicted octanol–water partition coefficient (Wildman–Crippen LogP) is 0.944. The first kappa shape index (κ1) is 10.8. The number of nitrogens with two attached hydrogens (primary N) is 1. The van der Waals surface area contributed by atoms with Crippen LogP contribution < -0.4 is 15.4 Å². The van der Waals surface area contributed by atoms with Gasteiger partial charge in [0.25, 0.3) is 0 Å². The van der Waals surface area contributed by atoms with Crippen molar-refractivity contribution in [3.8, 4) is 5.88 Å². The summed E-state index contributed by atoms with van der Waals surface area (Å²) in [6.45, 7) is 0. The van der Waals surface area contributed by atoms with E-state index in [-0.39, 0.29) is 0 Å². The van der Waals surface area contributed by atoms with E-state index in [0.29, 0.717) is 24.0 Å². The first-order valence-electron chi connectivity index (χ1n) is 6.18. The predicted molar refractivity (Wildman–Crippen MR) is 65.1 cm³/mol. The zero-order chi connectivity index (χ0) is 11.8. The van der Waals surface area contributed by atoms with Crippen molar-refractivity contribution < 1.29 is 4.74 Å². The molecule has 2 aliphatic heterocycles. The quantitative estimate of drug-likeness (QED) is 0.825. The fraction of sp³-hybridized carbons (Fsp3) is 0.667. The second-order valence-corrected chi connectivity index (χ2v) is 4.94. The Morgan fingerprint density at radius 1 is 1.29 bits per heavy atom. The normalized spacial score (nSPS) is 31.6. The highest BCUT2D eigenvalue weighted by atomic mass is 16.5. The number of anilines is 1. The van der Waals surface area contributed by atoms with Crippen molar-refractivity contribution in [2.45, 2.75) is 43.8 Å². The van der Waals surface area contributed by atoms with Gasteiger partial charge < -0.3 is 15.4 Å². The lowest BCUT2D eigenvalue weighted by Crippen LogP contribution is -2.47. The summed E-state index contributed by atoms with van der Waals surface area (Å²) in [5.74, 6) is 1.61. The van der Waals surface area contributed by atoms with Gasteiger partial charge in [-0.3, -0.25) is 0 Å². The highest BCUT2D eigenvalue weighted by Crippen LogP contribution is 2.38. The smallest absolute Gasteiger partial charge is 0.218 e. The molecule has 2 aliphatic rings. The number of hydrogen-bond donors (Lipinski definition) is 1. The summed E-state index contributed by atoms with van der Waals surface area (Å²) in [6.07, 6.45) is 6.17. The van der Waals surface area contributed by atoms with Gasteiger partial charge in [0.05, 0.1) is 7.11 Å². The van der Waals surface area contributed by atoms with Crippen LogP contribution in [0.4, 0.5) is 5.82 Å². The third-order valence-corrected chi connectivity index (χ3v) is 3.87. The zero-order valence-electron chi connectivity index (χ0n) is 10.0. The molecule has 5 nitrogen and oxygen atoms in total. The maximum Gasteiger partial charge on any atom is 0.218 e. The summed E-state index contributed by atoms with van der Waals surface area (Å²) < 4.78 is 5.16.